The molecule has 98 valence electrons. The molecule has 2 N–H and O–H groups in total. The molecule has 2 heterocycles. The number of hydrogen-bond acceptors (Lipinski definition) is 6. The van der Waals surface area contributed by atoms with Crippen LogP contribution in [0.4, 0.5) is 11.5 Å². The number of nitro groups is 1. The Morgan fingerprint density at radius 3 is 2.72 bits per heavy atom. The van der Waals surface area contributed by atoms with Gasteiger partial charge in [-0.1, -0.05) is 0 Å². The first-order valence-electron chi connectivity index (χ1n) is 5.81. The van der Waals surface area contributed by atoms with Crippen molar-refractivity contribution in [2.75, 3.05) is 25.1 Å². The first kappa shape index (κ1) is 12.6. The Balaban J connectivity index is 2.31. The lowest BCUT2D eigenvalue weighted by molar-refractivity contribution is -0.384. The van der Waals surface area contributed by atoms with E-state index in [1.54, 1.807) is 0 Å². The lowest BCUT2D eigenvalue weighted by Crippen LogP contribution is -2.40. The average Bonchev–Trinajstić information content (AvgIpc) is 2.38. The van der Waals surface area contributed by atoms with E-state index in [0.717, 1.165) is 12.8 Å². The summed E-state index contributed by atoms with van der Waals surface area (Å²) in [6, 6.07) is 3.10. The van der Waals surface area contributed by atoms with E-state index >= 15 is 0 Å². The standard InChI is InChI=1S/C11H16N4O3/c1-18-10-3-2-9(15(16)17)11(13-10)14-6-4-8(12)5-7-14/h2-3,8H,4-7,12H2,1H3. The summed E-state index contributed by atoms with van der Waals surface area (Å²) in [5.41, 5.74) is 5.83. The third kappa shape index (κ3) is 2.51. The number of methoxy groups -OCH3 is 1. The Hall–Kier alpha value is -1.89. The number of ether oxygens (including phenoxy) is 1. The fraction of sp³-hybridized carbons (Fsp3) is 0.545. The number of nitrogens with two attached hydrogens (primary N) is 1. The van der Waals surface area contributed by atoms with Crippen molar-refractivity contribution >= 4 is 11.5 Å². The fourth-order valence-electron chi connectivity index (χ4n) is 2.02. The van der Waals surface area contributed by atoms with Crippen LogP contribution in [0.3, 0.4) is 0 Å². The van der Waals surface area contributed by atoms with Crippen LogP contribution in [-0.4, -0.2) is 36.1 Å². The van der Waals surface area contributed by atoms with E-state index in [1.165, 1.54) is 19.2 Å². The van der Waals surface area contributed by atoms with Crippen LogP contribution in [0.1, 0.15) is 12.8 Å². The molecule has 2 rings (SSSR count). The normalized spacial score (nSPS) is 16.7. The summed E-state index contributed by atoms with van der Waals surface area (Å²) in [6.45, 7) is 1.37. The predicted molar refractivity (Wildman–Crippen MR) is 66.9 cm³/mol. The van der Waals surface area contributed by atoms with Crippen LogP contribution >= 0.6 is 0 Å². The molecule has 1 aromatic heterocycles. The Kier molecular flexibility index (Phi) is 3.61. The zero-order chi connectivity index (χ0) is 13.1. The summed E-state index contributed by atoms with van der Waals surface area (Å²) in [4.78, 5) is 16.7. The van der Waals surface area contributed by atoms with Gasteiger partial charge in [0.25, 0.3) is 0 Å². The van der Waals surface area contributed by atoms with Gasteiger partial charge < -0.3 is 15.4 Å². The number of piperidine rings is 1. The third-order valence-electron chi connectivity index (χ3n) is 3.07. The van der Waals surface area contributed by atoms with E-state index in [4.69, 9.17) is 10.5 Å². The van der Waals surface area contributed by atoms with Crippen molar-refractivity contribution in [2.24, 2.45) is 5.73 Å². The van der Waals surface area contributed by atoms with Crippen LogP contribution in [0.25, 0.3) is 0 Å². The van der Waals surface area contributed by atoms with Gasteiger partial charge in [-0.15, -0.1) is 0 Å². The molecule has 0 unspecified atom stereocenters. The summed E-state index contributed by atoms with van der Waals surface area (Å²) in [5, 5.41) is 11.0. The monoisotopic (exact) mass is 252 g/mol. The molecule has 0 amide bonds. The van der Waals surface area contributed by atoms with E-state index in [0.29, 0.717) is 24.8 Å². The number of aromatic nitrogens is 1. The lowest BCUT2D eigenvalue weighted by Gasteiger charge is -2.30. The zero-order valence-corrected chi connectivity index (χ0v) is 10.2. The van der Waals surface area contributed by atoms with Gasteiger partial charge in [-0.25, -0.2) is 0 Å². The van der Waals surface area contributed by atoms with Crippen molar-refractivity contribution in [1.29, 1.82) is 0 Å². The molecule has 1 fully saturated rings. The summed E-state index contributed by atoms with van der Waals surface area (Å²) < 4.78 is 5.02. The first-order chi connectivity index (χ1) is 8.61. The van der Waals surface area contributed by atoms with Crippen molar-refractivity contribution in [1.82, 2.24) is 4.98 Å². The molecule has 7 heteroatoms. The van der Waals surface area contributed by atoms with Gasteiger partial charge in [0.1, 0.15) is 0 Å². The van der Waals surface area contributed by atoms with Gasteiger partial charge in [0.05, 0.1) is 12.0 Å². The molecule has 0 saturated carbocycles. The van der Waals surface area contributed by atoms with Gasteiger partial charge >= 0.3 is 5.69 Å². The third-order valence-corrected chi connectivity index (χ3v) is 3.07. The van der Waals surface area contributed by atoms with Crippen LogP contribution in [0, 0.1) is 10.1 Å². The molecular weight excluding hydrogens is 236 g/mol. The average molecular weight is 252 g/mol. The number of hydrogen-bond donors (Lipinski definition) is 1. The zero-order valence-electron chi connectivity index (χ0n) is 10.2. The van der Waals surface area contributed by atoms with Crippen LogP contribution in [0.5, 0.6) is 5.88 Å². The molecule has 0 spiro atoms. The predicted octanol–water partition coefficient (Wildman–Crippen LogP) is 0.926. The quantitative estimate of drug-likeness (QED) is 0.635. The maximum Gasteiger partial charge on any atom is 0.311 e. The fourth-order valence-corrected chi connectivity index (χ4v) is 2.02. The summed E-state index contributed by atoms with van der Waals surface area (Å²) in [7, 11) is 1.49. The minimum absolute atomic E-state index is 0.00581. The van der Waals surface area contributed by atoms with Crippen LogP contribution in [0.15, 0.2) is 12.1 Å². The summed E-state index contributed by atoms with van der Waals surface area (Å²) >= 11 is 0. The molecule has 0 aromatic carbocycles. The van der Waals surface area contributed by atoms with Crippen molar-refractivity contribution < 1.29 is 9.66 Å². The van der Waals surface area contributed by atoms with E-state index in [2.05, 4.69) is 4.98 Å². The van der Waals surface area contributed by atoms with Crippen LogP contribution in [0.2, 0.25) is 0 Å². The van der Waals surface area contributed by atoms with E-state index < -0.39 is 4.92 Å². The van der Waals surface area contributed by atoms with Gasteiger partial charge in [0.15, 0.2) is 0 Å². The smallest absolute Gasteiger partial charge is 0.311 e. The Bertz CT molecular complexity index is 444. The van der Waals surface area contributed by atoms with E-state index in [9.17, 15) is 10.1 Å². The molecule has 18 heavy (non-hydrogen) atoms. The van der Waals surface area contributed by atoms with Gasteiger partial charge in [-0.3, -0.25) is 10.1 Å². The van der Waals surface area contributed by atoms with Crippen molar-refractivity contribution in [3.8, 4) is 5.88 Å². The molecule has 1 aliphatic heterocycles. The second-order valence-corrected chi connectivity index (χ2v) is 4.28. The Morgan fingerprint density at radius 2 is 2.17 bits per heavy atom. The van der Waals surface area contributed by atoms with Gasteiger partial charge in [0, 0.05) is 31.3 Å². The highest BCUT2D eigenvalue weighted by atomic mass is 16.6. The maximum absolute atomic E-state index is 11.0. The van der Waals surface area contributed by atoms with Crippen molar-refractivity contribution in [2.45, 2.75) is 18.9 Å². The highest BCUT2D eigenvalue weighted by Gasteiger charge is 2.25. The maximum atomic E-state index is 11.0. The molecule has 7 nitrogen and oxygen atoms in total. The summed E-state index contributed by atoms with van der Waals surface area (Å²) in [5.74, 6) is 0.747. The molecular formula is C11H16N4O3. The highest BCUT2D eigenvalue weighted by molar-refractivity contribution is 5.59. The number of rotatable bonds is 3. The van der Waals surface area contributed by atoms with Crippen LogP contribution in [-0.2, 0) is 0 Å². The Labute approximate surface area is 105 Å². The number of nitrogens with zero attached hydrogens (tertiary/aromatic N) is 3. The molecule has 0 aliphatic carbocycles. The van der Waals surface area contributed by atoms with Crippen molar-refractivity contribution in [3.05, 3.63) is 22.2 Å². The molecule has 1 aliphatic rings. The molecule has 0 bridgehead atoms. The van der Waals surface area contributed by atoms with Gasteiger partial charge in [-0.05, 0) is 12.8 Å². The van der Waals surface area contributed by atoms with Gasteiger partial charge in [-0.2, -0.15) is 4.98 Å². The van der Waals surface area contributed by atoms with E-state index in [-0.39, 0.29) is 11.7 Å². The lowest BCUT2D eigenvalue weighted by atomic mass is 10.1. The minimum atomic E-state index is -0.420. The van der Waals surface area contributed by atoms with Crippen LogP contribution < -0.4 is 15.4 Å². The first-order valence-corrected chi connectivity index (χ1v) is 5.81. The molecule has 1 aromatic rings. The second kappa shape index (κ2) is 5.18. The Morgan fingerprint density at radius 1 is 1.50 bits per heavy atom. The molecule has 0 radical (unpaired) electrons. The summed E-state index contributed by atoms with van der Waals surface area (Å²) in [6.07, 6.45) is 1.63. The largest absolute Gasteiger partial charge is 0.481 e. The molecule has 1 saturated heterocycles. The number of anilines is 1. The molecule has 0 atom stereocenters. The SMILES string of the molecule is COc1ccc([N+](=O)[O-])c(N2CCC(N)CC2)n1. The van der Waals surface area contributed by atoms with E-state index in [1.807, 2.05) is 4.90 Å². The van der Waals surface area contributed by atoms with Gasteiger partial charge in [0.2, 0.25) is 11.7 Å². The highest BCUT2D eigenvalue weighted by Crippen LogP contribution is 2.30. The minimum Gasteiger partial charge on any atom is -0.481 e. The topological polar surface area (TPSA) is 94.5 Å². The van der Waals surface area contributed by atoms with Crippen molar-refractivity contribution in [3.63, 3.8) is 0 Å². The number of pyridine rings is 1. The second-order valence-electron chi connectivity index (χ2n) is 4.28.